The molecule has 0 saturated heterocycles. The van der Waals surface area contributed by atoms with Crippen molar-refractivity contribution in [2.45, 2.75) is 25.7 Å². The Morgan fingerprint density at radius 2 is 1.87 bits per heavy atom. The van der Waals surface area contributed by atoms with Gasteiger partial charge in [-0.25, -0.2) is 26.7 Å². The van der Waals surface area contributed by atoms with Crippen molar-refractivity contribution in [3.05, 3.63) is 45.8 Å². The minimum atomic E-state index is -2.89. The van der Waals surface area contributed by atoms with Crippen molar-refractivity contribution in [1.29, 1.82) is 0 Å². The maximum absolute atomic E-state index is 13.8. The fourth-order valence-electron chi connectivity index (χ4n) is 2.64. The second-order valence-corrected chi connectivity index (χ2v) is 6.69. The van der Waals surface area contributed by atoms with E-state index in [1.807, 2.05) is 4.98 Å². The first-order chi connectivity index (χ1) is 13.9. The van der Waals surface area contributed by atoms with E-state index < -0.39 is 59.2 Å². The Morgan fingerprint density at radius 3 is 2.40 bits per heavy atom. The molecule has 0 bridgehead atoms. The van der Waals surface area contributed by atoms with Gasteiger partial charge in [0.2, 0.25) is 0 Å². The van der Waals surface area contributed by atoms with Crippen molar-refractivity contribution in [3.8, 4) is 17.1 Å². The van der Waals surface area contributed by atoms with Crippen molar-refractivity contribution in [3.63, 3.8) is 0 Å². The molecule has 2 heterocycles. The molecule has 0 amide bonds. The summed E-state index contributed by atoms with van der Waals surface area (Å²) in [5.74, 6) is -6.33. The topological polar surface area (TPSA) is 110 Å². The van der Waals surface area contributed by atoms with Crippen LogP contribution in [0.25, 0.3) is 16.8 Å². The van der Waals surface area contributed by atoms with E-state index in [9.17, 15) is 36.6 Å². The lowest BCUT2D eigenvalue weighted by atomic mass is 9.85. The molecule has 8 nitrogen and oxygen atoms in total. The van der Waals surface area contributed by atoms with E-state index in [4.69, 9.17) is 0 Å². The van der Waals surface area contributed by atoms with E-state index in [1.54, 1.807) is 0 Å². The van der Waals surface area contributed by atoms with Crippen molar-refractivity contribution in [2.75, 3.05) is 6.61 Å². The van der Waals surface area contributed by atoms with Crippen molar-refractivity contribution in [1.82, 2.24) is 19.6 Å². The van der Waals surface area contributed by atoms with Crippen LogP contribution >= 0.6 is 0 Å². The molecule has 1 aromatic carbocycles. The van der Waals surface area contributed by atoms with Gasteiger partial charge in [0.05, 0.1) is 11.3 Å². The van der Waals surface area contributed by atoms with Crippen LogP contribution in [0.15, 0.2) is 16.9 Å². The van der Waals surface area contributed by atoms with Gasteiger partial charge in [-0.3, -0.25) is 9.78 Å². The second kappa shape index (κ2) is 7.39. The molecule has 3 aromatic rings. The van der Waals surface area contributed by atoms with Crippen LogP contribution < -0.4 is 10.4 Å². The maximum Gasteiger partial charge on any atom is 0.352 e. The first kappa shape index (κ1) is 21.2. The van der Waals surface area contributed by atoms with Crippen molar-refractivity contribution in [2.24, 2.45) is 0 Å². The third-order valence-electron chi connectivity index (χ3n) is 4.22. The number of aliphatic carboxylic acids is 1. The molecule has 0 radical (unpaired) electrons. The highest BCUT2D eigenvalue weighted by atomic mass is 19.3. The van der Waals surface area contributed by atoms with Crippen molar-refractivity contribution >= 4 is 11.6 Å². The zero-order chi connectivity index (χ0) is 22.4. The van der Waals surface area contributed by atoms with Crippen LogP contribution in [0.3, 0.4) is 0 Å². The van der Waals surface area contributed by atoms with E-state index in [-0.39, 0.29) is 16.8 Å². The van der Waals surface area contributed by atoms with Gasteiger partial charge >= 0.3 is 11.7 Å². The summed E-state index contributed by atoms with van der Waals surface area (Å²) in [6.07, 6.45) is -2.89. The molecular weight excluding hydrogens is 419 g/mol. The number of carboxylic acid groups (broad SMARTS) is 1. The number of ether oxygens (including phenoxy) is 1. The molecule has 13 heteroatoms. The molecule has 0 aliphatic heterocycles. The van der Waals surface area contributed by atoms with Gasteiger partial charge in [-0.15, -0.1) is 0 Å². The van der Waals surface area contributed by atoms with Gasteiger partial charge in [0.1, 0.15) is 5.41 Å². The third kappa shape index (κ3) is 3.57. The van der Waals surface area contributed by atoms with Gasteiger partial charge in [0.15, 0.2) is 29.7 Å². The molecule has 160 valence electrons. The number of hydrogen-bond acceptors (Lipinski definition) is 5. The molecule has 0 atom stereocenters. The standard InChI is InChI=1S/C17H13F5N4O4/c1-17(2,14(27)28)12-10(6-3-7(18)11(22)8(19)4-6)13-23-15(30-5-9(20)21)24-16(29)26(13)25-12/h3-4,9H,5H2,1-2H3,(H,27,28)(H,23,24,29). The van der Waals surface area contributed by atoms with Gasteiger partial charge in [0, 0.05) is 0 Å². The average molecular weight is 432 g/mol. The van der Waals surface area contributed by atoms with Crippen LogP contribution in [0.2, 0.25) is 0 Å². The first-order valence-corrected chi connectivity index (χ1v) is 8.26. The zero-order valence-corrected chi connectivity index (χ0v) is 15.3. The van der Waals surface area contributed by atoms with Crippen LogP contribution in [0.5, 0.6) is 6.01 Å². The molecule has 0 aliphatic carbocycles. The lowest BCUT2D eigenvalue weighted by molar-refractivity contribution is -0.142. The predicted octanol–water partition coefficient (Wildman–Crippen LogP) is 2.51. The number of benzene rings is 1. The smallest absolute Gasteiger partial charge is 0.352 e. The molecule has 0 fully saturated rings. The average Bonchev–Trinajstić information content (AvgIpc) is 3.04. The highest BCUT2D eigenvalue weighted by Gasteiger charge is 2.37. The van der Waals surface area contributed by atoms with Gasteiger partial charge in [-0.1, -0.05) is 0 Å². The monoisotopic (exact) mass is 432 g/mol. The fourth-order valence-corrected chi connectivity index (χ4v) is 2.64. The molecule has 2 aromatic heterocycles. The molecule has 3 rings (SSSR count). The Balaban J connectivity index is 2.38. The Labute approximate surface area is 163 Å². The number of fused-ring (bicyclic) bond motifs is 1. The Morgan fingerprint density at radius 1 is 1.27 bits per heavy atom. The van der Waals surface area contributed by atoms with Gasteiger partial charge in [-0.2, -0.15) is 14.6 Å². The largest absolute Gasteiger partial charge is 0.481 e. The van der Waals surface area contributed by atoms with Crippen LogP contribution in [0, 0.1) is 17.5 Å². The number of aromatic nitrogens is 4. The number of alkyl halides is 2. The second-order valence-electron chi connectivity index (χ2n) is 6.69. The van der Waals surface area contributed by atoms with Crippen LogP contribution in [0.4, 0.5) is 22.0 Å². The first-order valence-electron chi connectivity index (χ1n) is 8.26. The SMILES string of the molecule is CC(C)(C(=O)O)c1nn2c(=O)[nH]c(OCC(F)F)nc2c1-c1cc(F)c(F)c(F)c1. The molecule has 0 spiro atoms. The highest BCUT2D eigenvalue weighted by molar-refractivity contribution is 5.88. The zero-order valence-electron chi connectivity index (χ0n) is 15.3. The summed E-state index contributed by atoms with van der Waals surface area (Å²) >= 11 is 0. The summed E-state index contributed by atoms with van der Waals surface area (Å²) in [6, 6.07) is 0.482. The number of nitrogens with one attached hydrogen (secondary N) is 1. The molecular formula is C17H13F5N4O4. The highest BCUT2D eigenvalue weighted by Crippen LogP contribution is 2.36. The minimum Gasteiger partial charge on any atom is -0.481 e. The summed E-state index contributed by atoms with van der Waals surface area (Å²) in [5, 5.41) is 13.4. The van der Waals surface area contributed by atoms with Gasteiger partial charge in [0.25, 0.3) is 12.4 Å². The lowest BCUT2D eigenvalue weighted by Crippen LogP contribution is -2.30. The Hall–Kier alpha value is -3.51. The van der Waals surface area contributed by atoms with Crippen molar-refractivity contribution < 1.29 is 36.6 Å². The summed E-state index contributed by atoms with van der Waals surface area (Å²) in [4.78, 5) is 29.9. The summed E-state index contributed by atoms with van der Waals surface area (Å²) in [5.41, 5.74) is -4.28. The number of carboxylic acids is 1. The van der Waals surface area contributed by atoms with E-state index in [0.717, 1.165) is 0 Å². The van der Waals surface area contributed by atoms with E-state index >= 15 is 0 Å². The number of nitrogens with zero attached hydrogens (tertiary/aromatic N) is 3. The lowest BCUT2D eigenvalue weighted by Gasteiger charge is -2.18. The molecule has 30 heavy (non-hydrogen) atoms. The molecule has 0 unspecified atom stereocenters. The minimum absolute atomic E-state index is 0.312. The number of aromatic amines is 1. The van der Waals surface area contributed by atoms with Gasteiger partial charge in [-0.05, 0) is 31.5 Å². The number of hydrogen-bond donors (Lipinski definition) is 2. The summed E-state index contributed by atoms with van der Waals surface area (Å²) < 4.78 is 71.1. The number of halogens is 5. The normalized spacial score (nSPS) is 12.0. The Bertz CT molecular complexity index is 1180. The van der Waals surface area contributed by atoms with Gasteiger partial charge < -0.3 is 9.84 Å². The number of carbonyl (C=O) groups is 1. The summed E-state index contributed by atoms with van der Waals surface area (Å²) in [7, 11) is 0. The summed E-state index contributed by atoms with van der Waals surface area (Å²) in [6.45, 7) is 1.30. The van der Waals surface area contributed by atoms with E-state index in [2.05, 4.69) is 14.8 Å². The van der Waals surface area contributed by atoms with Crippen LogP contribution in [-0.2, 0) is 10.2 Å². The molecule has 0 aliphatic rings. The number of H-pyrrole nitrogens is 1. The Kier molecular flexibility index (Phi) is 5.22. The quantitative estimate of drug-likeness (QED) is 0.458. The van der Waals surface area contributed by atoms with Crippen LogP contribution in [-0.4, -0.2) is 43.7 Å². The van der Waals surface area contributed by atoms with E-state index in [1.165, 1.54) is 13.8 Å². The third-order valence-corrected chi connectivity index (χ3v) is 4.22. The molecule has 0 saturated carbocycles. The predicted molar refractivity (Wildman–Crippen MR) is 91.1 cm³/mol. The van der Waals surface area contributed by atoms with Crippen LogP contribution in [0.1, 0.15) is 19.5 Å². The number of rotatable bonds is 6. The molecule has 2 N–H and O–H groups in total. The fraction of sp³-hybridized carbons (Fsp3) is 0.294. The van der Waals surface area contributed by atoms with E-state index in [0.29, 0.717) is 16.6 Å². The maximum atomic E-state index is 13.8.